The highest BCUT2D eigenvalue weighted by atomic mass is 32.2. The Kier molecular flexibility index (Phi) is 4.26. The van der Waals surface area contributed by atoms with Crippen LogP contribution in [0.2, 0.25) is 0 Å². The molecule has 1 saturated heterocycles. The van der Waals surface area contributed by atoms with E-state index in [1.165, 1.54) is 16.8 Å². The van der Waals surface area contributed by atoms with Gasteiger partial charge in [0.2, 0.25) is 15.2 Å². The molecule has 17 heavy (non-hydrogen) atoms. The van der Waals surface area contributed by atoms with Crippen molar-refractivity contribution in [3.8, 4) is 0 Å². The van der Waals surface area contributed by atoms with Crippen LogP contribution in [-0.4, -0.2) is 62.0 Å². The predicted molar refractivity (Wildman–Crippen MR) is 66.6 cm³/mol. The van der Waals surface area contributed by atoms with Crippen LogP contribution in [0.15, 0.2) is 5.51 Å². The molecule has 1 aromatic rings. The topological polar surface area (TPSA) is 87.2 Å². The molecule has 2 heterocycles. The highest BCUT2D eigenvalue weighted by molar-refractivity contribution is 7.92. The number of aromatic nitrogens is 2. The lowest BCUT2D eigenvalue weighted by atomic mass is 10.4. The minimum absolute atomic E-state index is 0.0899. The molecule has 0 amide bonds. The maximum absolute atomic E-state index is 11.7. The van der Waals surface area contributed by atoms with E-state index in [0.717, 1.165) is 26.2 Å². The summed E-state index contributed by atoms with van der Waals surface area (Å²) < 4.78 is 25.9. The Bertz CT molecular complexity index is 427. The van der Waals surface area contributed by atoms with E-state index in [0.29, 0.717) is 11.7 Å². The number of rotatable bonds is 5. The molecule has 0 radical (unpaired) electrons. The first-order valence-electron chi connectivity index (χ1n) is 5.35. The second-order valence-corrected chi connectivity index (χ2v) is 6.43. The number of nitrogens with one attached hydrogen (secondary N) is 2. The standard InChI is InChI=1S/C8H15N5O2S2/c14-17(15,12-8-11-10-7-16-8)6-5-13-3-1-9-2-4-13/h7,9H,1-6H2,(H,11,12). The lowest BCUT2D eigenvalue weighted by molar-refractivity contribution is 0.254. The van der Waals surface area contributed by atoms with Crippen molar-refractivity contribution in [2.45, 2.75) is 0 Å². The number of sulfonamides is 1. The smallest absolute Gasteiger partial charge is 0.235 e. The van der Waals surface area contributed by atoms with Crippen molar-refractivity contribution in [3.63, 3.8) is 0 Å². The zero-order valence-corrected chi connectivity index (χ0v) is 10.9. The van der Waals surface area contributed by atoms with Gasteiger partial charge in [-0.1, -0.05) is 11.3 Å². The summed E-state index contributed by atoms with van der Waals surface area (Å²) in [5, 5.41) is 10.8. The van der Waals surface area contributed by atoms with Crippen molar-refractivity contribution >= 4 is 26.5 Å². The Morgan fingerprint density at radius 1 is 1.47 bits per heavy atom. The van der Waals surface area contributed by atoms with E-state index in [2.05, 4.69) is 25.1 Å². The first kappa shape index (κ1) is 12.7. The molecule has 2 N–H and O–H groups in total. The number of nitrogens with zero attached hydrogens (tertiary/aromatic N) is 3. The molecular formula is C8H15N5O2S2. The molecule has 0 bridgehead atoms. The highest BCUT2D eigenvalue weighted by Crippen LogP contribution is 2.10. The van der Waals surface area contributed by atoms with Gasteiger partial charge in [-0.15, -0.1) is 10.2 Å². The van der Waals surface area contributed by atoms with E-state index >= 15 is 0 Å². The van der Waals surface area contributed by atoms with Gasteiger partial charge in [0.1, 0.15) is 5.51 Å². The predicted octanol–water partition coefficient (Wildman–Crippen LogP) is -0.815. The molecule has 2 rings (SSSR count). The van der Waals surface area contributed by atoms with Crippen LogP contribution in [-0.2, 0) is 10.0 Å². The van der Waals surface area contributed by atoms with Crippen molar-refractivity contribution in [1.29, 1.82) is 0 Å². The van der Waals surface area contributed by atoms with E-state index in [1.807, 2.05) is 0 Å². The maximum atomic E-state index is 11.7. The summed E-state index contributed by atoms with van der Waals surface area (Å²) in [4.78, 5) is 2.13. The van der Waals surface area contributed by atoms with Gasteiger partial charge in [0.05, 0.1) is 5.75 Å². The number of piperazine rings is 1. The fourth-order valence-electron chi connectivity index (χ4n) is 1.59. The lowest BCUT2D eigenvalue weighted by Gasteiger charge is -2.26. The fraction of sp³-hybridized carbons (Fsp3) is 0.750. The van der Waals surface area contributed by atoms with Gasteiger partial charge in [-0.25, -0.2) is 8.42 Å². The number of anilines is 1. The van der Waals surface area contributed by atoms with E-state index in [4.69, 9.17) is 0 Å². The van der Waals surface area contributed by atoms with Crippen LogP contribution < -0.4 is 10.0 Å². The van der Waals surface area contributed by atoms with Crippen molar-refractivity contribution in [1.82, 2.24) is 20.4 Å². The van der Waals surface area contributed by atoms with E-state index in [9.17, 15) is 8.42 Å². The Hall–Kier alpha value is -0.770. The minimum Gasteiger partial charge on any atom is -0.314 e. The van der Waals surface area contributed by atoms with Crippen molar-refractivity contribution < 1.29 is 8.42 Å². The maximum Gasteiger partial charge on any atom is 0.235 e. The second-order valence-electron chi connectivity index (χ2n) is 3.76. The number of hydrogen-bond acceptors (Lipinski definition) is 7. The Morgan fingerprint density at radius 3 is 2.88 bits per heavy atom. The van der Waals surface area contributed by atoms with E-state index in [-0.39, 0.29) is 5.75 Å². The molecule has 1 aromatic heterocycles. The monoisotopic (exact) mass is 277 g/mol. The molecule has 0 saturated carbocycles. The first-order chi connectivity index (χ1) is 8.16. The zero-order valence-electron chi connectivity index (χ0n) is 9.29. The largest absolute Gasteiger partial charge is 0.314 e. The van der Waals surface area contributed by atoms with Gasteiger partial charge in [0.15, 0.2) is 0 Å². The fourth-order valence-corrected chi connectivity index (χ4v) is 3.35. The number of hydrogen-bond donors (Lipinski definition) is 2. The molecule has 0 spiro atoms. The first-order valence-corrected chi connectivity index (χ1v) is 7.89. The molecule has 9 heteroatoms. The third-order valence-electron chi connectivity index (χ3n) is 2.49. The van der Waals surface area contributed by atoms with Gasteiger partial charge < -0.3 is 5.32 Å². The van der Waals surface area contributed by atoms with Crippen LogP contribution in [0.4, 0.5) is 5.13 Å². The van der Waals surface area contributed by atoms with Crippen molar-refractivity contribution in [3.05, 3.63) is 5.51 Å². The van der Waals surface area contributed by atoms with Gasteiger partial charge >= 0.3 is 0 Å². The zero-order chi connectivity index (χ0) is 12.1. The SMILES string of the molecule is O=S(=O)(CCN1CCNCC1)Nc1nncs1. The van der Waals surface area contributed by atoms with Crippen LogP contribution in [0.25, 0.3) is 0 Å². The summed E-state index contributed by atoms with van der Waals surface area (Å²) in [6.07, 6.45) is 0. The Morgan fingerprint density at radius 2 is 2.24 bits per heavy atom. The van der Waals surface area contributed by atoms with Crippen LogP contribution in [0.1, 0.15) is 0 Å². The summed E-state index contributed by atoms with van der Waals surface area (Å²) in [5.41, 5.74) is 1.49. The normalized spacial score (nSPS) is 18.1. The molecule has 0 atom stereocenters. The van der Waals surface area contributed by atoms with Crippen LogP contribution in [0.5, 0.6) is 0 Å². The summed E-state index contributed by atoms with van der Waals surface area (Å²) >= 11 is 1.18. The highest BCUT2D eigenvalue weighted by Gasteiger charge is 2.16. The van der Waals surface area contributed by atoms with Gasteiger partial charge in [-0.3, -0.25) is 9.62 Å². The van der Waals surface area contributed by atoms with Gasteiger partial charge in [-0.05, 0) is 0 Å². The minimum atomic E-state index is -3.31. The van der Waals surface area contributed by atoms with Gasteiger partial charge in [0.25, 0.3) is 0 Å². The third-order valence-corrected chi connectivity index (χ3v) is 4.45. The van der Waals surface area contributed by atoms with Crippen LogP contribution in [0, 0.1) is 0 Å². The molecule has 0 aliphatic carbocycles. The average Bonchev–Trinajstić information content (AvgIpc) is 2.80. The lowest BCUT2D eigenvalue weighted by Crippen LogP contribution is -2.45. The molecule has 1 fully saturated rings. The Labute approximate surface area is 104 Å². The van der Waals surface area contributed by atoms with E-state index < -0.39 is 10.0 Å². The van der Waals surface area contributed by atoms with Gasteiger partial charge in [-0.2, -0.15) is 0 Å². The summed E-state index contributed by atoms with van der Waals surface area (Å²) in [6, 6.07) is 0. The molecule has 7 nitrogen and oxygen atoms in total. The van der Waals surface area contributed by atoms with Crippen LogP contribution in [0.3, 0.4) is 0 Å². The van der Waals surface area contributed by atoms with E-state index in [1.54, 1.807) is 0 Å². The molecule has 0 unspecified atom stereocenters. The summed E-state index contributed by atoms with van der Waals surface area (Å²) in [7, 11) is -3.31. The molecule has 1 aliphatic heterocycles. The molecule has 96 valence electrons. The summed E-state index contributed by atoms with van der Waals surface area (Å²) in [5.74, 6) is 0.0899. The van der Waals surface area contributed by atoms with Gasteiger partial charge in [0, 0.05) is 32.7 Å². The average molecular weight is 277 g/mol. The third kappa shape index (κ3) is 4.19. The Balaban J connectivity index is 1.80. The van der Waals surface area contributed by atoms with Crippen LogP contribution >= 0.6 is 11.3 Å². The van der Waals surface area contributed by atoms with Crippen molar-refractivity contribution in [2.75, 3.05) is 43.2 Å². The molecule has 0 aromatic carbocycles. The summed E-state index contributed by atoms with van der Waals surface area (Å²) in [6.45, 7) is 4.19. The molecule has 1 aliphatic rings. The second kappa shape index (κ2) is 5.71. The molecular weight excluding hydrogens is 262 g/mol. The van der Waals surface area contributed by atoms with Crippen molar-refractivity contribution in [2.24, 2.45) is 0 Å². The quantitative estimate of drug-likeness (QED) is 0.731.